The zero-order chi connectivity index (χ0) is 30.6. The van der Waals surface area contributed by atoms with Gasteiger partial charge in [-0.15, -0.1) is 0 Å². The van der Waals surface area contributed by atoms with E-state index in [4.69, 9.17) is 9.31 Å². The van der Waals surface area contributed by atoms with Gasteiger partial charge in [0.05, 0.1) is 5.92 Å². The first kappa shape index (κ1) is 29.7. The number of fused-ring (bicyclic) bond motifs is 3. The monoisotopic (exact) mass is 653 g/mol. The molecule has 4 atom stereocenters. The van der Waals surface area contributed by atoms with Crippen molar-refractivity contribution in [3.05, 3.63) is 95.0 Å². The summed E-state index contributed by atoms with van der Waals surface area (Å²) in [5.74, 6) is -1.19. The van der Waals surface area contributed by atoms with Crippen molar-refractivity contribution >= 4 is 56.1 Å². The summed E-state index contributed by atoms with van der Waals surface area (Å²) in [6, 6.07) is 27.9. The van der Waals surface area contributed by atoms with Crippen molar-refractivity contribution in [2.75, 3.05) is 20.1 Å². The molecule has 2 aliphatic carbocycles. The molecule has 4 aromatic carbocycles. The van der Waals surface area contributed by atoms with Crippen LogP contribution < -0.4 is 0 Å². The molecule has 2 heterocycles. The van der Waals surface area contributed by atoms with Crippen LogP contribution in [-0.2, 0) is 18.9 Å². The van der Waals surface area contributed by atoms with Gasteiger partial charge in [-0.3, -0.25) is 9.59 Å². The normalized spacial score (nSPS) is 30.4. The number of likely N-dealkylation sites (N-methyl/N-ethyl adjacent to an activating group) is 1. The summed E-state index contributed by atoms with van der Waals surface area (Å²) in [5, 5.41) is 4.65. The molecule has 2 saturated carbocycles. The first-order valence-corrected chi connectivity index (χ1v) is 15.3. The minimum Gasteiger partial charge on any atom is -0.600 e. The molecule has 0 amide bonds. The second kappa shape index (κ2) is 11.0. The predicted molar refractivity (Wildman–Crippen MR) is 164 cm³/mol. The topological polar surface area (TPSA) is 52.6 Å². The summed E-state index contributed by atoms with van der Waals surface area (Å²) in [6.45, 7) is 0.913. The van der Waals surface area contributed by atoms with E-state index in [1.165, 1.54) is 10.8 Å². The van der Waals surface area contributed by atoms with Gasteiger partial charge in [0.1, 0.15) is 13.1 Å². The second-order valence-electron chi connectivity index (χ2n) is 12.5. The minimum atomic E-state index is -4.05. The Morgan fingerprint density at radius 2 is 1.30 bits per heavy atom. The summed E-state index contributed by atoms with van der Waals surface area (Å²) in [6.07, 6.45) is -2.81. The van der Waals surface area contributed by atoms with Crippen molar-refractivity contribution < 1.29 is 36.5 Å². The summed E-state index contributed by atoms with van der Waals surface area (Å²) >= 11 is 3.43. The van der Waals surface area contributed by atoms with E-state index in [0.717, 1.165) is 27.2 Å². The molecule has 2 aliphatic heterocycles. The van der Waals surface area contributed by atoms with Crippen LogP contribution in [0.3, 0.4) is 0 Å². The molecular formula is C33H32BBrF3NO4. The summed E-state index contributed by atoms with van der Waals surface area (Å²) in [4.78, 5) is 22.8. The van der Waals surface area contributed by atoms with Crippen LogP contribution in [0.1, 0.15) is 31.2 Å². The molecule has 2 saturated heterocycles. The van der Waals surface area contributed by atoms with Crippen molar-refractivity contribution in [1.29, 1.82) is 0 Å². The molecule has 5 nitrogen and oxygen atoms in total. The van der Waals surface area contributed by atoms with E-state index in [1.54, 1.807) is 0 Å². The third-order valence-electron chi connectivity index (χ3n) is 9.29. The average Bonchev–Trinajstić information content (AvgIpc) is 3.86. The third-order valence-corrected chi connectivity index (χ3v) is 9.78. The van der Waals surface area contributed by atoms with Crippen LogP contribution in [0.15, 0.2) is 89.4 Å². The largest absolute Gasteiger partial charge is 0.600 e. The highest BCUT2D eigenvalue weighted by Gasteiger charge is 2.73. The highest BCUT2D eigenvalue weighted by Crippen LogP contribution is 2.58. The van der Waals surface area contributed by atoms with Crippen molar-refractivity contribution in [3.63, 3.8) is 0 Å². The highest BCUT2D eigenvalue weighted by molar-refractivity contribution is 9.10. The van der Waals surface area contributed by atoms with Gasteiger partial charge in [-0.2, -0.15) is 13.2 Å². The van der Waals surface area contributed by atoms with E-state index in [9.17, 15) is 22.8 Å². The maximum atomic E-state index is 12.5. The molecule has 224 valence electrons. The van der Waals surface area contributed by atoms with E-state index in [2.05, 4.69) is 65.3 Å². The molecule has 0 N–H and O–H groups in total. The first-order chi connectivity index (χ1) is 20.4. The Labute approximate surface area is 256 Å². The number of quaternary nitrogens is 1. The van der Waals surface area contributed by atoms with E-state index >= 15 is 0 Å². The Balaban J connectivity index is 0.000000117. The number of rotatable bonds is 2. The van der Waals surface area contributed by atoms with Gasteiger partial charge in [0.15, 0.2) is 0 Å². The predicted octanol–water partition coefficient (Wildman–Crippen LogP) is 8.00. The number of carbonyl (C=O) groups excluding carboxylic acids is 2. The van der Waals surface area contributed by atoms with Gasteiger partial charge in [-0.05, 0) is 57.4 Å². The number of hydrogen-bond acceptors (Lipinski definition) is 4. The summed E-state index contributed by atoms with van der Waals surface area (Å²) in [5.41, 5.74) is 0.811. The number of carbonyl (C=O) groups is 2. The lowest BCUT2D eigenvalue weighted by molar-refractivity contribution is -0.794. The van der Waals surface area contributed by atoms with Crippen LogP contribution >= 0.6 is 15.9 Å². The quantitative estimate of drug-likeness (QED) is 0.206. The molecule has 4 aliphatic rings. The van der Waals surface area contributed by atoms with E-state index < -0.39 is 18.8 Å². The van der Waals surface area contributed by atoms with Gasteiger partial charge in [-0.1, -0.05) is 108 Å². The molecular weight excluding hydrogens is 622 g/mol. The van der Waals surface area contributed by atoms with Crippen molar-refractivity contribution in [1.82, 2.24) is 0 Å². The van der Waals surface area contributed by atoms with Crippen LogP contribution in [-0.4, -0.2) is 49.3 Å². The number of halogens is 4. The molecule has 4 aromatic rings. The highest BCUT2D eigenvalue weighted by atomic mass is 79.9. The number of hydrogen-bond donors (Lipinski definition) is 0. The summed E-state index contributed by atoms with van der Waals surface area (Å²) < 4.78 is 49.7. The van der Waals surface area contributed by atoms with E-state index in [0.29, 0.717) is 10.3 Å². The first-order valence-electron chi connectivity index (χ1n) is 14.5. The summed E-state index contributed by atoms with van der Waals surface area (Å²) in [7, 11) is 1.89. The molecule has 43 heavy (non-hydrogen) atoms. The smallest absolute Gasteiger partial charge is 0.587 e. The maximum Gasteiger partial charge on any atom is 0.587 e. The Kier molecular flexibility index (Phi) is 7.57. The van der Waals surface area contributed by atoms with Crippen LogP contribution in [0.2, 0.25) is 5.82 Å². The lowest BCUT2D eigenvalue weighted by atomic mass is 9.61. The zero-order valence-corrected chi connectivity index (χ0v) is 25.5. The van der Waals surface area contributed by atoms with Crippen LogP contribution in [0, 0.1) is 11.8 Å². The SMILES string of the molecule is Brc1ccc2ccccc2c1.C[C@@H]1C[C@H]1[B-]12OC(=O)C[N+]1(C)CC(=O)O2.FC(F)(F)[C@H]1C[C@@H]1c1ccc2ccccc2c1. The Morgan fingerprint density at radius 1 is 0.791 bits per heavy atom. The van der Waals surface area contributed by atoms with Crippen molar-refractivity contribution in [2.45, 2.75) is 37.7 Å². The maximum absolute atomic E-state index is 12.5. The number of benzene rings is 4. The average molecular weight is 654 g/mol. The Hall–Kier alpha value is -3.37. The fourth-order valence-electron chi connectivity index (χ4n) is 6.73. The molecule has 0 aromatic heterocycles. The molecule has 10 heteroatoms. The number of alkyl halides is 3. The van der Waals surface area contributed by atoms with Gasteiger partial charge >= 0.3 is 24.8 Å². The Bertz CT molecular complexity index is 1690. The second-order valence-corrected chi connectivity index (χ2v) is 13.4. The molecule has 0 bridgehead atoms. The van der Waals surface area contributed by atoms with Crippen LogP contribution in [0.25, 0.3) is 21.5 Å². The van der Waals surface area contributed by atoms with Crippen LogP contribution in [0.5, 0.6) is 0 Å². The van der Waals surface area contributed by atoms with Crippen molar-refractivity contribution in [2.24, 2.45) is 11.8 Å². The van der Waals surface area contributed by atoms with Gasteiger partial charge < -0.3 is 13.7 Å². The lowest BCUT2D eigenvalue weighted by Crippen LogP contribution is -2.60. The fourth-order valence-corrected chi connectivity index (χ4v) is 7.11. The zero-order valence-electron chi connectivity index (χ0n) is 23.9. The molecule has 0 spiro atoms. The van der Waals surface area contributed by atoms with Gasteiger partial charge in [0.2, 0.25) is 0 Å². The van der Waals surface area contributed by atoms with Gasteiger partial charge in [-0.25, -0.2) is 0 Å². The Morgan fingerprint density at radius 3 is 1.81 bits per heavy atom. The van der Waals surface area contributed by atoms with Crippen LogP contribution in [0.4, 0.5) is 13.2 Å². The molecule has 0 unspecified atom stereocenters. The van der Waals surface area contributed by atoms with E-state index in [1.807, 2.05) is 49.5 Å². The standard InChI is InChI=1S/C14H11F3.C10H7Br.C9H14BNO4/c15-14(16,17)13-8-12(13)11-6-5-9-3-1-2-4-10(9)7-11;11-10-6-5-8-3-1-2-4-9(8)7-10;1-6-3-7(6)10-11(2,4-8(12)14-10)5-9(13)15-10/h1-7,12-13H,8H2;1-7H;6-7H,3-5H2,1-2H3/t12-,13+;;6-,7-,10?,11?/m1.1/s1. The third kappa shape index (κ3) is 5.91. The molecule has 8 rings (SSSR count). The molecule has 4 fully saturated rings. The van der Waals surface area contributed by atoms with Gasteiger partial charge in [0.25, 0.3) is 0 Å². The minimum absolute atomic E-state index is 0.232. The van der Waals surface area contributed by atoms with Crippen molar-refractivity contribution in [3.8, 4) is 0 Å². The van der Waals surface area contributed by atoms with E-state index in [-0.39, 0.29) is 43.2 Å². The number of nitrogens with zero attached hydrogens (tertiary/aromatic N) is 1. The van der Waals surface area contributed by atoms with Gasteiger partial charge in [0, 0.05) is 11.5 Å². The lowest BCUT2D eigenvalue weighted by Gasteiger charge is -2.40. The molecule has 0 radical (unpaired) electrons. The fraction of sp³-hybridized carbons (Fsp3) is 0.333.